The maximum Gasteiger partial charge on any atom is 0.145 e. The Kier molecular flexibility index (Phi) is 6.50. The topological polar surface area (TPSA) is 12.0 Å². The minimum absolute atomic E-state index is 0.234. The van der Waals surface area contributed by atoms with E-state index in [1.165, 1.54) is 32.1 Å². The summed E-state index contributed by atoms with van der Waals surface area (Å²) in [6, 6.07) is 5.69. The van der Waals surface area contributed by atoms with Crippen LogP contribution >= 0.6 is 11.6 Å². The third-order valence-electron chi connectivity index (χ3n) is 4.98. The summed E-state index contributed by atoms with van der Waals surface area (Å²) in [5, 5.41) is 3.80. The summed E-state index contributed by atoms with van der Waals surface area (Å²) < 4.78 is 14.1. The van der Waals surface area contributed by atoms with Crippen molar-refractivity contribution in [3.05, 3.63) is 34.6 Å². The summed E-state index contributed by atoms with van der Waals surface area (Å²) in [6.07, 6.45) is 7.20. The number of likely N-dealkylation sites (N-methyl/N-ethyl adjacent to an activating group) is 1. The number of halogens is 2. The van der Waals surface area contributed by atoms with Gasteiger partial charge in [-0.1, -0.05) is 56.8 Å². The van der Waals surface area contributed by atoms with Gasteiger partial charge in [0.25, 0.3) is 0 Å². The highest BCUT2D eigenvalue weighted by molar-refractivity contribution is 6.30. The number of rotatable bonds is 6. The Labute approximate surface area is 133 Å². The van der Waals surface area contributed by atoms with Crippen LogP contribution in [0.25, 0.3) is 0 Å². The zero-order chi connectivity index (χ0) is 15.2. The summed E-state index contributed by atoms with van der Waals surface area (Å²) in [5.74, 6) is 1.31. The third kappa shape index (κ3) is 4.43. The van der Waals surface area contributed by atoms with Crippen LogP contribution in [-0.2, 0) is 6.42 Å². The van der Waals surface area contributed by atoms with E-state index in [0.29, 0.717) is 12.0 Å². The highest BCUT2D eigenvalue weighted by atomic mass is 35.5. The molecule has 3 heteroatoms. The smallest absolute Gasteiger partial charge is 0.145 e. The predicted molar refractivity (Wildman–Crippen MR) is 88.3 cm³/mol. The van der Waals surface area contributed by atoms with Crippen LogP contribution in [-0.4, -0.2) is 12.6 Å². The summed E-state index contributed by atoms with van der Waals surface area (Å²) >= 11 is 5.90. The Bertz CT molecular complexity index is 441. The van der Waals surface area contributed by atoms with Crippen molar-refractivity contribution < 1.29 is 4.39 Å². The molecule has 0 aliphatic heterocycles. The molecule has 1 aromatic carbocycles. The first-order valence-corrected chi connectivity index (χ1v) is 8.69. The van der Waals surface area contributed by atoms with Gasteiger partial charge < -0.3 is 5.32 Å². The van der Waals surface area contributed by atoms with Gasteiger partial charge in [-0.05, 0) is 49.3 Å². The van der Waals surface area contributed by atoms with E-state index >= 15 is 0 Å². The van der Waals surface area contributed by atoms with Crippen LogP contribution in [0.1, 0.15) is 51.5 Å². The highest BCUT2D eigenvalue weighted by Crippen LogP contribution is 2.33. The maximum atomic E-state index is 14.1. The Morgan fingerprint density at radius 1 is 1.24 bits per heavy atom. The molecule has 118 valence electrons. The molecule has 1 unspecified atom stereocenters. The van der Waals surface area contributed by atoms with E-state index < -0.39 is 0 Å². The summed E-state index contributed by atoms with van der Waals surface area (Å²) in [7, 11) is 0. The molecule has 0 radical (unpaired) electrons. The molecule has 0 spiro atoms. The Hall–Kier alpha value is -0.600. The maximum absolute atomic E-state index is 14.1. The second-order valence-corrected chi connectivity index (χ2v) is 6.68. The first-order valence-electron chi connectivity index (χ1n) is 8.31. The molecule has 21 heavy (non-hydrogen) atoms. The molecule has 0 saturated heterocycles. The molecule has 1 atom stereocenters. The molecule has 0 amide bonds. The van der Waals surface area contributed by atoms with E-state index in [-0.39, 0.29) is 10.8 Å². The van der Waals surface area contributed by atoms with Crippen LogP contribution in [0.15, 0.2) is 18.2 Å². The average molecular weight is 312 g/mol. The van der Waals surface area contributed by atoms with Gasteiger partial charge in [0, 0.05) is 6.04 Å². The molecule has 0 bridgehead atoms. The number of hydrogen-bond acceptors (Lipinski definition) is 1. The minimum atomic E-state index is -0.246. The second-order valence-electron chi connectivity index (χ2n) is 6.27. The molecule has 0 heterocycles. The lowest BCUT2D eigenvalue weighted by Crippen LogP contribution is -2.40. The van der Waals surface area contributed by atoms with E-state index in [2.05, 4.69) is 19.2 Å². The average Bonchev–Trinajstić information content (AvgIpc) is 2.51. The van der Waals surface area contributed by atoms with Crippen LogP contribution < -0.4 is 5.32 Å². The van der Waals surface area contributed by atoms with Gasteiger partial charge in [0.1, 0.15) is 5.82 Å². The molecule has 2 rings (SSSR count). The van der Waals surface area contributed by atoms with Crippen molar-refractivity contribution in [2.75, 3.05) is 6.54 Å². The quantitative estimate of drug-likeness (QED) is 0.760. The SMILES string of the molecule is CCNC(Cc1cccc(Cl)c1F)C1CCC(CC)CC1. The van der Waals surface area contributed by atoms with Gasteiger partial charge >= 0.3 is 0 Å². The Morgan fingerprint density at radius 3 is 2.57 bits per heavy atom. The Balaban J connectivity index is 2.04. The molecule has 1 saturated carbocycles. The minimum Gasteiger partial charge on any atom is -0.314 e. The Morgan fingerprint density at radius 2 is 1.95 bits per heavy atom. The lowest BCUT2D eigenvalue weighted by Gasteiger charge is -2.34. The number of hydrogen-bond donors (Lipinski definition) is 1. The number of nitrogens with one attached hydrogen (secondary N) is 1. The first kappa shape index (κ1) is 16.8. The van der Waals surface area contributed by atoms with Crippen molar-refractivity contribution in [1.82, 2.24) is 5.32 Å². The van der Waals surface area contributed by atoms with Crippen LogP contribution in [0.3, 0.4) is 0 Å². The van der Waals surface area contributed by atoms with E-state index in [9.17, 15) is 4.39 Å². The summed E-state index contributed by atoms with van der Waals surface area (Å²) in [4.78, 5) is 0. The van der Waals surface area contributed by atoms with Gasteiger partial charge in [0.15, 0.2) is 0 Å². The van der Waals surface area contributed by atoms with Crippen molar-refractivity contribution in [3.8, 4) is 0 Å². The van der Waals surface area contributed by atoms with Crippen LogP contribution in [0.4, 0.5) is 4.39 Å². The molecule has 1 fully saturated rings. The largest absolute Gasteiger partial charge is 0.314 e. The lowest BCUT2D eigenvalue weighted by atomic mass is 9.76. The fourth-order valence-electron chi connectivity index (χ4n) is 3.61. The van der Waals surface area contributed by atoms with Gasteiger partial charge in [-0.2, -0.15) is 0 Å². The van der Waals surface area contributed by atoms with Crippen LogP contribution in [0.5, 0.6) is 0 Å². The van der Waals surface area contributed by atoms with Crippen LogP contribution in [0.2, 0.25) is 5.02 Å². The van der Waals surface area contributed by atoms with E-state index in [0.717, 1.165) is 24.4 Å². The van der Waals surface area contributed by atoms with Crippen molar-refractivity contribution in [1.29, 1.82) is 0 Å². The molecule has 1 aliphatic rings. The zero-order valence-corrected chi connectivity index (χ0v) is 13.9. The summed E-state index contributed by atoms with van der Waals surface area (Å²) in [6.45, 7) is 5.34. The second kappa shape index (κ2) is 8.14. The van der Waals surface area contributed by atoms with Crippen molar-refractivity contribution in [2.45, 2.75) is 58.4 Å². The summed E-state index contributed by atoms with van der Waals surface area (Å²) in [5.41, 5.74) is 0.742. The molecule has 0 aromatic heterocycles. The lowest BCUT2D eigenvalue weighted by molar-refractivity contribution is 0.217. The molecule has 1 nitrogen and oxygen atoms in total. The third-order valence-corrected chi connectivity index (χ3v) is 5.27. The van der Waals surface area contributed by atoms with Crippen molar-refractivity contribution in [2.24, 2.45) is 11.8 Å². The van der Waals surface area contributed by atoms with E-state index in [1.807, 2.05) is 12.1 Å². The fraction of sp³-hybridized carbons (Fsp3) is 0.667. The van der Waals surface area contributed by atoms with E-state index in [4.69, 9.17) is 11.6 Å². The van der Waals surface area contributed by atoms with Crippen molar-refractivity contribution >= 4 is 11.6 Å². The molecule has 1 aliphatic carbocycles. The standard InChI is InChI=1S/C18H27ClFN/c1-3-13-8-10-14(11-9-13)17(21-4-2)12-15-6-5-7-16(19)18(15)20/h5-7,13-14,17,21H,3-4,8-12H2,1-2H3. The molecular weight excluding hydrogens is 285 g/mol. The normalized spacial score (nSPS) is 24.0. The molecule has 1 N–H and O–H groups in total. The van der Waals surface area contributed by atoms with E-state index in [1.54, 1.807) is 6.07 Å². The molecule has 1 aromatic rings. The van der Waals surface area contributed by atoms with Gasteiger partial charge in [0.05, 0.1) is 5.02 Å². The van der Waals surface area contributed by atoms with Gasteiger partial charge in [-0.3, -0.25) is 0 Å². The fourth-order valence-corrected chi connectivity index (χ4v) is 3.80. The van der Waals surface area contributed by atoms with Crippen molar-refractivity contribution in [3.63, 3.8) is 0 Å². The monoisotopic (exact) mass is 311 g/mol. The van der Waals surface area contributed by atoms with Crippen LogP contribution in [0, 0.1) is 17.7 Å². The first-order chi connectivity index (χ1) is 10.2. The molecular formula is C18H27ClFN. The highest BCUT2D eigenvalue weighted by Gasteiger charge is 2.27. The van der Waals surface area contributed by atoms with Gasteiger partial charge in [-0.25, -0.2) is 4.39 Å². The predicted octanol–water partition coefficient (Wildman–Crippen LogP) is 5.22. The van der Waals surface area contributed by atoms with Gasteiger partial charge in [0.2, 0.25) is 0 Å². The zero-order valence-electron chi connectivity index (χ0n) is 13.2. The van der Waals surface area contributed by atoms with Gasteiger partial charge in [-0.15, -0.1) is 0 Å². The number of benzene rings is 1.